The van der Waals surface area contributed by atoms with Gasteiger partial charge in [0.05, 0.1) is 0 Å². The second-order valence-corrected chi connectivity index (χ2v) is 2.06. The summed E-state index contributed by atoms with van der Waals surface area (Å²) in [6.07, 6.45) is 2.51. The van der Waals surface area contributed by atoms with Crippen molar-refractivity contribution in [3.63, 3.8) is 0 Å². The number of rotatable bonds is 2. The Balaban J connectivity index is 0.000000561. The third kappa shape index (κ3) is 3.55. The molecular weight excluding hydrogens is 170 g/mol. The molecule has 0 radical (unpaired) electrons. The van der Waals surface area contributed by atoms with Crippen LogP contribution in [0.2, 0.25) is 0 Å². The van der Waals surface area contributed by atoms with E-state index in [0.717, 1.165) is 11.8 Å². The minimum atomic E-state index is 0.527. The SMILES string of the molecule is CS.NCc1ccc(C=O)cc1. The fourth-order valence-corrected chi connectivity index (χ4v) is 0.732. The molecule has 2 N–H and O–H groups in total. The molecule has 1 aromatic rings. The van der Waals surface area contributed by atoms with Gasteiger partial charge in [-0.05, 0) is 11.8 Å². The lowest BCUT2D eigenvalue weighted by Crippen LogP contribution is -1.95. The highest BCUT2D eigenvalue weighted by molar-refractivity contribution is 7.79. The molecule has 12 heavy (non-hydrogen) atoms. The zero-order chi connectivity index (χ0) is 9.40. The van der Waals surface area contributed by atoms with Crippen molar-refractivity contribution in [2.75, 3.05) is 6.26 Å². The number of carbonyl (C=O) groups is 1. The van der Waals surface area contributed by atoms with Crippen molar-refractivity contribution >= 4 is 18.9 Å². The second kappa shape index (κ2) is 6.88. The molecule has 0 aliphatic heterocycles. The van der Waals surface area contributed by atoms with Gasteiger partial charge in [-0.3, -0.25) is 4.79 Å². The van der Waals surface area contributed by atoms with Crippen LogP contribution < -0.4 is 5.73 Å². The molecule has 0 aliphatic carbocycles. The minimum Gasteiger partial charge on any atom is -0.326 e. The quantitative estimate of drug-likeness (QED) is 0.539. The van der Waals surface area contributed by atoms with Gasteiger partial charge in [0.25, 0.3) is 0 Å². The van der Waals surface area contributed by atoms with Crippen LogP contribution in [0.1, 0.15) is 15.9 Å². The Kier molecular flexibility index (Phi) is 6.42. The van der Waals surface area contributed by atoms with Crippen LogP contribution in [0, 0.1) is 0 Å². The summed E-state index contributed by atoms with van der Waals surface area (Å²) in [4.78, 5) is 10.2. The fourth-order valence-electron chi connectivity index (χ4n) is 0.732. The standard InChI is InChI=1S/C8H9NO.CH4S/c9-5-7-1-3-8(6-10)4-2-7;1-2/h1-4,6H,5,9H2;2H,1H3. The van der Waals surface area contributed by atoms with Gasteiger partial charge in [0.15, 0.2) is 0 Å². The normalized spacial score (nSPS) is 8.25. The molecule has 3 heteroatoms. The average Bonchev–Trinajstić information content (AvgIpc) is 2.21. The van der Waals surface area contributed by atoms with Crippen molar-refractivity contribution in [2.24, 2.45) is 5.73 Å². The number of benzene rings is 1. The first-order valence-corrected chi connectivity index (χ1v) is 4.45. The number of hydrogen-bond donors (Lipinski definition) is 2. The third-order valence-corrected chi connectivity index (χ3v) is 1.35. The summed E-state index contributed by atoms with van der Waals surface area (Å²) in [5.41, 5.74) is 7.09. The van der Waals surface area contributed by atoms with Gasteiger partial charge in [0.1, 0.15) is 6.29 Å². The zero-order valence-corrected chi connectivity index (χ0v) is 7.92. The average molecular weight is 183 g/mol. The largest absolute Gasteiger partial charge is 0.326 e. The highest BCUT2D eigenvalue weighted by atomic mass is 32.1. The van der Waals surface area contributed by atoms with Gasteiger partial charge in [-0.15, -0.1) is 0 Å². The Morgan fingerprint density at radius 3 is 2.17 bits per heavy atom. The van der Waals surface area contributed by atoms with Crippen molar-refractivity contribution in [3.8, 4) is 0 Å². The van der Waals surface area contributed by atoms with Crippen molar-refractivity contribution < 1.29 is 4.79 Å². The molecule has 0 atom stereocenters. The molecule has 0 saturated carbocycles. The molecule has 1 aromatic carbocycles. The summed E-state index contributed by atoms with van der Waals surface area (Å²) in [6.45, 7) is 0.527. The maximum atomic E-state index is 10.2. The second-order valence-electron chi connectivity index (χ2n) is 2.06. The van der Waals surface area contributed by atoms with Crippen molar-refractivity contribution in [1.82, 2.24) is 0 Å². The summed E-state index contributed by atoms with van der Waals surface area (Å²) in [6, 6.07) is 7.22. The predicted molar refractivity (Wildman–Crippen MR) is 54.6 cm³/mol. The van der Waals surface area contributed by atoms with Crippen LogP contribution in [-0.2, 0) is 6.54 Å². The Labute approximate surface area is 78.2 Å². The molecule has 0 bridgehead atoms. The Bertz CT molecular complexity index is 220. The minimum absolute atomic E-state index is 0.527. The predicted octanol–water partition coefficient (Wildman–Crippen LogP) is 1.50. The zero-order valence-electron chi connectivity index (χ0n) is 7.03. The van der Waals surface area contributed by atoms with Gasteiger partial charge >= 0.3 is 0 Å². The Morgan fingerprint density at radius 1 is 1.33 bits per heavy atom. The van der Waals surface area contributed by atoms with E-state index in [0.29, 0.717) is 12.1 Å². The Morgan fingerprint density at radius 2 is 1.83 bits per heavy atom. The van der Waals surface area contributed by atoms with E-state index in [1.165, 1.54) is 0 Å². The lowest BCUT2D eigenvalue weighted by molar-refractivity contribution is 0.112. The van der Waals surface area contributed by atoms with E-state index in [1.54, 1.807) is 18.4 Å². The molecule has 0 aliphatic rings. The number of aldehydes is 1. The van der Waals surface area contributed by atoms with Crippen LogP contribution in [0.15, 0.2) is 24.3 Å². The highest BCUT2D eigenvalue weighted by Crippen LogP contribution is 2.00. The van der Waals surface area contributed by atoms with Crippen molar-refractivity contribution in [1.29, 1.82) is 0 Å². The first kappa shape index (κ1) is 11.2. The van der Waals surface area contributed by atoms with Gasteiger partial charge in [0, 0.05) is 12.1 Å². The first-order chi connectivity index (χ1) is 5.86. The smallest absolute Gasteiger partial charge is 0.150 e. The van der Waals surface area contributed by atoms with Crippen molar-refractivity contribution in [2.45, 2.75) is 6.54 Å². The molecule has 0 heterocycles. The summed E-state index contributed by atoms with van der Waals surface area (Å²) < 4.78 is 0. The molecule has 66 valence electrons. The molecule has 2 nitrogen and oxygen atoms in total. The maximum absolute atomic E-state index is 10.2. The molecule has 0 saturated heterocycles. The van der Waals surface area contributed by atoms with E-state index in [-0.39, 0.29) is 0 Å². The van der Waals surface area contributed by atoms with Crippen LogP contribution in [-0.4, -0.2) is 12.5 Å². The molecule has 0 unspecified atom stereocenters. The lowest BCUT2D eigenvalue weighted by atomic mass is 10.1. The van der Waals surface area contributed by atoms with Gasteiger partial charge in [-0.25, -0.2) is 0 Å². The van der Waals surface area contributed by atoms with E-state index in [2.05, 4.69) is 12.6 Å². The molecule has 0 spiro atoms. The van der Waals surface area contributed by atoms with E-state index >= 15 is 0 Å². The molecule has 1 rings (SSSR count). The van der Waals surface area contributed by atoms with Gasteiger partial charge in [-0.2, -0.15) is 12.6 Å². The van der Waals surface area contributed by atoms with E-state index < -0.39 is 0 Å². The topological polar surface area (TPSA) is 43.1 Å². The highest BCUT2D eigenvalue weighted by Gasteiger charge is 1.88. The molecule has 0 aromatic heterocycles. The summed E-state index contributed by atoms with van der Waals surface area (Å²) >= 11 is 3.53. The third-order valence-electron chi connectivity index (χ3n) is 1.35. The fraction of sp³-hybridized carbons (Fsp3) is 0.222. The first-order valence-electron chi connectivity index (χ1n) is 3.55. The monoisotopic (exact) mass is 183 g/mol. The summed E-state index contributed by atoms with van der Waals surface area (Å²) in [5.74, 6) is 0. The number of nitrogens with two attached hydrogens (primary N) is 1. The number of thiol groups is 1. The maximum Gasteiger partial charge on any atom is 0.150 e. The van der Waals surface area contributed by atoms with Crippen LogP contribution in [0.5, 0.6) is 0 Å². The summed E-state index contributed by atoms with van der Waals surface area (Å²) in [5, 5.41) is 0. The van der Waals surface area contributed by atoms with E-state index in [1.807, 2.05) is 12.1 Å². The van der Waals surface area contributed by atoms with Gasteiger partial charge in [0.2, 0.25) is 0 Å². The molecular formula is C9H13NOS. The number of carbonyl (C=O) groups excluding carboxylic acids is 1. The van der Waals surface area contributed by atoms with Crippen LogP contribution in [0.25, 0.3) is 0 Å². The van der Waals surface area contributed by atoms with Crippen molar-refractivity contribution in [3.05, 3.63) is 35.4 Å². The molecule has 0 fully saturated rings. The van der Waals surface area contributed by atoms with Crippen LogP contribution in [0.3, 0.4) is 0 Å². The lowest BCUT2D eigenvalue weighted by Gasteiger charge is -1.93. The van der Waals surface area contributed by atoms with Crippen LogP contribution >= 0.6 is 12.6 Å². The van der Waals surface area contributed by atoms with Crippen LogP contribution in [0.4, 0.5) is 0 Å². The summed E-state index contributed by atoms with van der Waals surface area (Å²) in [7, 11) is 0. The van der Waals surface area contributed by atoms with Gasteiger partial charge in [-0.1, -0.05) is 24.3 Å². The molecule has 0 amide bonds. The van der Waals surface area contributed by atoms with E-state index in [4.69, 9.17) is 5.73 Å². The number of hydrogen-bond acceptors (Lipinski definition) is 3. The Hall–Kier alpha value is -0.800. The van der Waals surface area contributed by atoms with E-state index in [9.17, 15) is 4.79 Å². The van der Waals surface area contributed by atoms with Gasteiger partial charge < -0.3 is 5.73 Å².